The fourth-order valence-electron chi connectivity index (χ4n) is 1.97. The summed E-state index contributed by atoms with van der Waals surface area (Å²) in [5.41, 5.74) is 3.04. The van der Waals surface area contributed by atoms with Gasteiger partial charge in [-0.2, -0.15) is 0 Å². The van der Waals surface area contributed by atoms with Gasteiger partial charge in [-0.05, 0) is 33.3 Å². The van der Waals surface area contributed by atoms with E-state index in [1.54, 1.807) is 7.05 Å². The van der Waals surface area contributed by atoms with Gasteiger partial charge in [0.05, 0.1) is 0 Å². The minimum absolute atomic E-state index is 0. The number of amides is 1. The molecule has 1 aromatic rings. The van der Waals surface area contributed by atoms with E-state index in [9.17, 15) is 4.79 Å². The molecule has 1 N–H and O–H groups in total. The van der Waals surface area contributed by atoms with Crippen molar-refractivity contribution in [2.45, 2.75) is 27.7 Å². The van der Waals surface area contributed by atoms with E-state index < -0.39 is 15.8 Å². The third-order valence-electron chi connectivity index (χ3n) is 3.45. The third kappa shape index (κ3) is 3.07. The molecule has 1 radical (unpaired) electrons. The van der Waals surface area contributed by atoms with E-state index in [4.69, 9.17) is 0 Å². The maximum atomic E-state index is 11.9. The van der Waals surface area contributed by atoms with E-state index in [1.165, 1.54) is 21.5 Å². The standard InChI is InChI=1S/C11H19NOSi2.K/c1-7-8(2)10(4)15(11(13)12-5)14(6)9(7)3;/h1-6H3,(H,12,13);. The summed E-state index contributed by atoms with van der Waals surface area (Å²) in [5, 5.41) is 5.67. The second-order valence-corrected chi connectivity index (χ2v) is 11.8. The summed E-state index contributed by atoms with van der Waals surface area (Å²) in [4.78, 5) is 11.9. The molecule has 1 heterocycles. The first-order valence-corrected chi connectivity index (χ1v) is 9.70. The van der Waals surface area contributed by atoms with Crippen LogP contribution in [0.5, 0.6) is 0 Å². The Morgan fingerprint density at radius 2 is 1.50 bits per heavy atom. The van der Waals surface area contributed by atoms with Gasteiger partial charge >= 0.3 is 0 Å². The maximum Gasteiger partial charge on any atom is 0.212 e. The first-order chi connectivity index (χ1) is 6.91. The average Bonchev–Trinajstić information content (AvgIpc) is 2.23. The number of hydrogen-bond acceptors (Lipinski definition) is 1. The summed E-state index contributed by atoms with van der Waals surface area (Å²) >= 11 is 0. The van der Waals surface area contributed by atoms with Crippen molar-refractivity contribution in [2.24, 2.45) is 6.55 Å². The van der Waals surface area contributed by atoms with Gasteiger partial charge in [0.15, 0.2) is 0 Å². The first kappa shape index (κ1) is 17.0. The molecule has 0 aliphatic carbocycles. The van der Waals surface area contributed by atoms with Gasteiger partial charge in [-0.15, -0.1) is 0 Å². The predicted molar refractivity (Wildman–Crippen MR) is 73.9 cm³/mol. The Labute approximate surface area is 143 Å². The zero-order chi connectivity index (χ0) is 11.7. The van der Waals surface area contributed by atoms with Crippen molar-refractivity contribution in [3.8, 4) is 0 Å². The van der Waals surface area contributed by atoms with E-state index in [1.807, 2.05) is 0 Å². The molecule has 0 spiro atoms. The molecule has 0 saturated carbocycles. The van der Waals surface area contributed by atoms with Crippen LogP contribution in [-0.4, -0.2) is 79.8 Å². The molecular formula is C11H19KNOSi2. The van der Waals surface area contributed by atoms with Gasteiger partial charge in [0, 0.05) is 66.3 Å². The van der Waals surface area contributed by atoms with Crippen LogP contribution in [0.3, 0.4) is 0 Å². The van der Waals surface area contributed by atoms with Gasteiger partial charge in [0.2, 0.25) is 5.53 Å². The second kappa shape index (κ2) is 6.82. The smallest absolute Gasteiger partial charge is 0.212 e. The van der Waals surface area contributed by atoms with Crippen LogP contribution in [-0.2, 0) is 6.55 Å². The zero-order valence-corrected chi connectivity index (χ0v) is 16.5. The summed E-state index contributed by atoms with van der Waals surface area (Å²) in [6.07, 6.45) is 0. The van der Waals surface area contributed by atoms with Gasteiger partial charge < -0.3 is 5.32 Å². The summed E-state index contributed by atoms with van der Waals surface area (Å²) in [5.74, 6) is 0. The fourth-order valence-corrected chi connectivity index (χ4v) is 10.5. The molecule has 0 aromatic carbocycles. The SMILES string of the molecule is CNC(=O)[si]1c(C)c(C)c(C)c(C)[si]1C.[K]. The van der Waals surface area contributed by atoms with Crippen molar-refractivity contribution in [3.63, 3.8) is 0 Å². The molecule has 0 unspecified atom stereocenters. The van der Waals surface area contributed by atoms with Gasteiger partial charge in [-0.1, -0.05) is 22.5 Å². The number of carbonyl (C=O) groups excluding carboxylic acids is 1. The van der Waals surface area contributed by atoms with Gasteiger partial charge in [0.25, 0.3) is 0 Å². The van der Waals surface area contributed by atoms with Crippen LogP contribution in [0.4, 0.5) is 4.79 Å². The monoisotopic (exact) mass is 276 g/mol. The Bertz CT molecular complexity index is 403. The van der Waals surface area contributed by atoms with Crippen molar-refractivity contribution in [1.29, 1.82) is 0 Å². The Morgan fingerprint density at radius 1 is 1.06 bits per heavy atom. The quantitative estimate of drug-likeness (QED) is 0.770. The molecule has 1 amide bonds. The molecule has 1 aromatic heterocycles. The van der Waals surface area contributed by atoms with E-state index in [0.29, 0.717) is 0 Å². The van der Waals surface area contributed by atoms with Crippen LogP contribution in [0.2, 0.25) is 0 Å². The molecule has 0 saturated heterocycles. The van der Waals surface area contributed by atoms with Crippen LogP contribution < -0.4 is 5.32 Å². The molecular weight excluding hydrogens is 257 g/mol. The Kier molecular flexibility index (Phi) is 7.26. The Balaban J connectivity index is 0.00000225. The summed E-state index contributed by atoms with van der Waals surface area (Å²) < 4.78 is 0. The molecule has 0 aliphatic heterocycles. The number of carbonyl (C=O) groups is 1. The summed E-state index contributed by atoms with van der Waals surface area (Å²) in [7, 11) is 0.122. The largest absolute Gasteiger partial charge is 0.361 e. The summed E-state index contributed by atoms with van der Waals surface area (Å²) in [6, 6.07) is 0. The first-order valence-electron chi connectivity index (χ1n) is 5.20. The molecule has 0 atom stereocenters. The fraction of sp³-hybridized carbons (Fsp3) is 0.545. The van der Waals surface area contributed by atoms with Crippen LogP contribution in [0, 0.1) is 27.7 Å². The topological polar surface area (TPSA) is 29.1 Å². The zero-order valence-electron chi connectivity index (χ0n) is 11.4. The number of nitrogens with one attached hydrogen (secondary N) is 1. The molecule has 0 aliphatic rings. The minimum Gasteiger partial charge on any atom is -0.361 e. The molecule has 83 valence electrons. The Morgan fingerprint density at radius 3 is 1.94 bits per heavy atom. The molecule has 1 rings (SSSR count). The van der Waals surface area contributed by atoms with Gasteiger partial charge in [-0.3, -0.25) is 4.79 Å². The van der Waals surface area contributed by atoms with Crippen molar-refractivity contribution < 1.29 is 4.79 Å². The molecule has 0 fully saturated rings. The minimum atomic E-state index is -0.988. The van der Waals surface area contributed by atoms with E-state index in [0.717, 1.165) is 0 Å². The van der Waals surface area contributed by atoms with Crippen molar-refractivity contribution in [1.82, 2.24) is 5.32 Å². The van der Waals surface area contributed by atoms with Crippen molar-refractivity contribution in [3.05, 3.63) is 21.5 Å². The summed E-state index contributed by atoms with van der Waals surface area (Å²) in [6.45, 7) is 11.0. The van der Waals surface area contributed by atoms with Crippen LogP contribution >= 0.6 is 0 Å². The van der Waals surface area contributed by atoms with Crippen LogP contribution in [0.15, 0.2) is 0 Å². The van der Waals surface area contributed by atoms with Gasteiger partial charge in [-0.25, -0.2) is 0 Å². The number of rotatable bonds is 1. The van der Waals surface area contributed by atoms with E-state index in [-0.39, 0.29) is 56.9 Å². The van der Waals surface area contributed by atoms with Crippen molar-refractivity contribution in [2.75, 3.05) is 7.05 Å². The molecule has 5 heteroatoms. The Hall–Kier alpha value is 1.02. The molecule has 2 nitrogen and oxygen atoms in total. The molecule has 16 heavy (non-hydrogen) atoms. The van der Waals surface area contributed by atoms with Crippen molar-refractivity contribution >= 4 is 72.7 Å². The van der Waals surface area contributed by atoms with E-state index in [2.05, 4.69) is 39.6 Å². The maximum absolute atomic E-state index is 11.9. The normalized spacial score (nSPS) is 9.62. The molecule has 0 bridgehead atoms. The predicted octanol–water partition coefficient (Wildman–Crippen LogP) is 1.32. The van der Waals surface area contributed by atoms with Crippen LogP contribution in [0.1, 0.15) is 21.5 Å². The van der Waals surface area contributed by atoms with Crippen LogP contribution in [0.25, 0.3) is 0 Å². The third-order valence-corrected chi connectivity index (χ3v) is 12.7. The van der Waals surface area contributed by atoms with Gasteiger partial charge in [0.1, 0.15) is 7.90 Å². The number of hydrogen-bond donors (Lipinski definition) is 1. The van der Waals surface area contributed by atoms with E-state index >= 15 is 0 Å². The second-order valence-electron chi connectivity index (χ2n) is 4.08. The average molecular weight is 277 g/mol.